The minimum atomic E-state index is -0.801. The molecule has 0 spiro atoms. The zero-order valence-corrected chi connectivity index (χ0v) is 11.8. The van der Waals surface area contributed by atoms with Crippen molar-refractivity contribution < 1.29 is 14.7 Å². The van der Waals surface area contributed by atoms with E-state index in [-0.39, 0.29) is 5.91 Å². The van der Waals surface area contributed by atoms with Crippen LogP contribution >= 0.6 is 0 Å². The maximum Gasteiger partial charge on any atom is 0.326 e. The van der Waals surface area contributed by atoms with Gasteiger partial charge in [-0.2, -0.15) is 0 Å². The number of carbonyl (C=O) groups excluding carboxylic acids is 1. The molecule has 0 aliphatic carbocycles. The van der Waals surface area contributed by atoms with Crippen LogP contribution in [0.5, 0.6) is 0 Å². The molecule has 20 heavy (non-hydrogen) atoms. The van der Waals surface area contributed by atoms with Gasteiger partial charge in [0.15, 0.2) is 0 Å². The highest BCUT2D eigenvalue weighted by Gasteiger charge is 2.28. The van der Waals surface area contributed by atoms with Gasteiger partial charge in [-0.05, 0) is 37.0 Å². The molecule has 0 fully saturated rings. The van der Waals surface area contributed by atoms with Crippen molar-refractivity contribution in [3.05, 3.63) is 23.8 Å². The molecule has 5 heteroatoms. The van der Waals surface area contributed by atoms with Gasteiger partial charge in [-0.25, -0.2) is 4.79 Å². The lowest BCUT2D eigenvalue weighted by molar-refractivity contribution is -0.138. The summed E-state index contributed by atoms with van der Waals surface area (Å²) in [4.78, 5) is 24.6. The van der Waals surface area contributed by atoms with Crippen molar-refractivity contribution in [2.24, 2.45) is 0 Å². The highest BCUT2D eigenvalue weighted by atomic mass is 16.4. The van der Waals surface area contributed by atoms with E-state index in [1.807, 2.05) is 30.0 Å². The number of hydrogen-bond donors (Lipinski definition) is 2. The second-order valence-electron chi connectivity index (χ2n) is 5.04. The normalized spacial score (nSPS) is 15.4. The summed E-state index contributed by atoms with van der Waals surface area (Å²) in [7, 11) is 0. The lowest BCUT2D eigenvalue weighted by Gasteiger charge is -2.36. The number of carboxylic acid groups (broad SMARTS) is 1. The Labute approximate surface area is 118 Å². The van der Waals surface area contributed by atoms with Crippen LogP contribution in [-0.4, -0.2) is 29.6 Å². The van der Waals surface area contributed by atoms with Gasteiger partial charge in [0.25, 0.3) is 0 Å². The predicted octanol–water partition coefficient (Wildman–Crippen LogP) is 2.26. The van der Waals surface area contributed by atoms with Gasteiger partial charge in [0.05, 0.1) is 0 Å². The minimum Gasteiger partial charge on any atom is -0.480 e. The third-order valence-electron chi connectivity index (χ3n) is 3.65. The second kappa shape index (κ2) is 5.94. The van der Waals surface area contributed by atoms with E-state index in [0.29, 0.717) is 6.42 Å². The van der Waals surface area contributed by atoms with E-state index in [4.69, 9.17) is 0 Å². The van der Waals surface area contributed by atoms with Crippen LogP contribution < -0.4 is 10.2 Å². The first-order valence-corrected chi connectivity index (χ1v) is 6.93. The average molecular weight is 276 g/mol. The Morgan fingerprint density at radius 3 is 2.80 bits per heavy atom. The summed E-state index contributed by atoms with van der Waals surface area (Å²) in [5.74, 6) is -0.911. The molecule has 1 aromatic carbocycles. The molecule has 1 atom stereocenters. The summed E-state index contributed by atoms with van der Waals surface area (Å²) in [6.07, 6.45) is 2.31. The molecule has 0 saturated heterocycles. The number of benzene rings is 1. The van der Waals surface area contributed by atoms with Crippen molar-refractivity contribution in [2.75, 3.05) is 16.8 Å². The van der Waals surface area contributed by atoms with Crippen LogP contribution in [0.15, 0.2) is 18.2 Å². The number of carboxylic acids is 1. The molecular weight excluding hydrogens is 256 g/mol. The number of aliphatic carboxylic acids is 1. The lowest BCUT2D eigenvalue weighted by atomic mass is 9.97. The second-order valence-corrected chi connectivity index (χ2v) is 5.04. The maximum absolute atomic E-state index is 11.4. The molecule has 0 aromatic heterocycles. The van der Waals surface area contributed by atoms with E-state index in [1.165, 1.54) is 6.92 Å². The molecule has 1 heterocycles. The summed E-state index contributed by atoms with van der Waals surface area (Å²) in [5.41, 5.74) is 2.75. The average Bonchev–Trinajstić information content (AvgIpc) is 2.39. The summed E-state index contributed by atoms with van der Waals surface area (Å²) < 4.78 is 0. The van der Waals surface area contributed by atoms with Crippen LogP contribution in [0.3, 0.4) is 0 Å². The van der Waals surface area contributed by atoms with Crippen molar-refractivity contribution in [1.82, 2.24) is 0 Å². The molecule has 1 amide bonds. The standard InChI is InChI=1S/C15H20N2O3/c1-3-13(15(19)20)17-9-5-6-11-12(16-10(2)18)7-4-8-14(11)17/h4,7-8,13H,3,5-6,9H2,1-2H3,(H,16,18)(H,19,20). The number of amides is 1. The molecule has 1 aliphatic rings. The van der Waals surface area contributed by atoms with Crippen molar-refractivity contribution in [3.8, 4) is 0 Å². The van der Waals surface area contributed by atoms with E-state index in [2.05, 4.69) is 5.32 Å². The first-order chi connectivity index (χ1) is 9.54. The molecule has 108 valence electrons. The smallest absolute Gasteiger partial charge is 0.326 e. The highest BCUT2D eigenvalue weighted by molar-refractivity contribution is 5.91. The lowest BCUT2D eigenvalue weighted by Crippen LogP contribution is -2.43. The fourth-order valence-corrected chi connectivity index (χ4v) is 2.81. The van der Waals surface area contributed by atoms with Gasteiger partial charge >= 0.3 is 5.97 Å². The molecule has 1 aliphatic heterocycles. The zero-order chi connectivity index (χ0) is 14.7. The number of fused-ring (bicyclic) bond motifs is 1. The number of nitrogens with one attached hydrogen (secondary N) is 1. The van der Waals surface area contributed by atoms with E-state index in [9.17, 15) is 14.7 Å². The van der Waals surface area contributed by atoms with Gasteiger partial charge in [-0.15, -0.1) is 0 Å². The zero-order valence-electron chi connectivity index (χ0n) is 11.8. The third kappa shape index (κ3) is 2.76. The van der Waals surface area contributed by atoms with Gasteiger partial charge in [-0.3, -0.25) is 4.79 Å². The van der Waals surface area contributed by atoms with Crippen molar-refractivity contribution in [1.29, 1.82) is 0 Å². The van der Waals surface area contributed by atoms with E-state index < -0.39 is 12.0 Å². The molecule has 2 rings (SSSR count). The van der Waals surface area contributed by atoms with Crippen molar-refractivity contribution >= 4 is 23.3 Å². The Morgan fingerprint density at radius 2 is 2.20 bits per heavy atom. The van der Waals surface area contributed by atoms with E-state index in [1.54, 1.807) is 0 Å². The summed E-state index contributed by atoms with van der Waals surface area (Å²) >= 11 is 0. The molecule has 1 aromatic rings. The monoisotopic (exact) mass is 276 g/mol. The Balaban J connectivity index is 2.41. The number of anilines is 2. The predicted molar refractivity (Wildman–Crippen MR) is 78.1 cm³/mol. The molecule has 2 N–H and O–H groups in total. The first-order valence-electron chi connectivity index (χ1n) is 6.93. The fourth-order valence-electron chi connectivity index (χ4n) is 2.81. The van der Waals surface area contributed by atoms with Crippen LogP contribution in [0, 0.1) is 0 Å². The summed E-state index contributed by atoms with van der Waals surface area (Å²) in [5, 5.41) is 12.2. The molecular formula is C15H20N2O3. The van der Waals surface area contributed by atoms with Crippen LogP contribution in [0.25, 0.3) is 0 Å². The van der Waals surface area contributed by atoms with Crippen LogP contribution in [0.4, 0.5) is 11.4 Å². The molecule has 0 radical (unpaired) electrons. The minimum absolute atomic E-state index is 0.110. The van der Waals surface area contributed by atoms with Crippen LogP contribution in [0.2, 0.25) is 0 Å². The molecule has 5 nitrogen and oxygen atoms in total. The van der Waals surface area contributed by atoms with Gasteiger partial charge in [-0.1, -0.05) is 13.0 Å². The molecule has 1 unspecified atom stereocenters. The third-order valence-corrected chi connectivity index (χ3v) is 3.65. The van der Waals surface area contributed by atoms with Gasteiger partial charge < -0.3 is 15.3 Å². The van der Waals surface area contributed by atoms with Gasteiger partial charge in [0.1, 0.15) is 6.04 Å². The van der Waals surface area contributed by atoms with Crippen molar-refractivity contribution in [2.45, 2.75) is 39.2 Å². The Kier molecular flexibility index (Phi) is 4.27. The van der Waals surface area contributed by atoms with E-state index >= 15 is 0 Å². The summed E-state index contributed by atoms with van der Waals surface area (Å²) in [6.45, 7) is 4.10. The van der Waals surface area contributed by atoms with E-state index in [0.717, 1.165) is 36.3 Å². The van der Waals surface area contributed by atoms with Gasteiger partial charge in [0.2, 0.25) is 5.91 Å². The maximum atomic E-state index is 11.4. The first kappa shape index (κ1) is 14.4. The Morgan fingerprint density at radius 1 is 1.45 bits per heavy atom. The van der Waals surface area contributed by atoms with Gasteiger partial charge in [0, 0.05) is 24.8 Å². The topological polar surface area (TPSA) is 69.6 Å². The molecule has 0 saturated carbocycles. The SMILES string of the molecule is CCC(C(=O)O)N1CCCc2c(NC(C)=O)cccc21. The number of hydrogen-bond acceptors (Lipinski definition) is 3. The number of nitrogens with zero attached hydrogens (tertiary/aromatic N) is 1. The molecule has 0 bridgehead atoms. The summed E-state index contributed by atoms with van der Waals surface area (Å²) in [6, 6.07) is 5.15. The van der Waals surface area contributed by atoms with Crippen LogP contribution in [0.1, 0.15) is 32.3 Å². The number of carbonyl (C=O) groups is 2. The largest absolute Gasteiger partial charge is 0.480 e. The van der Waals surface area contributed by atoms with Crippen LogP contribution in [-0.2, 0) is 16.0 Å². The highest BCUT2D eigenvalue weighted by Crippen LogP contribution is 2.34. The van der Waals surface area contributed by atoms with Crippen molar-refractivity contribution in [3.63, 3.8) is 0 Å². The Bertz CT molecular complexity index is 528. The quantitative estimate of drug-likeness (QED) is 0.885. The number of rotatable bonds is 4. The Hall–Kier alpha value is -2.04. The fraction of sp³-hybridized carbons (Fsp3) is 0.467.